The van der Waals surface area contributed by atoms with Crippen molar-refractivity contribution in [3.8, 4) is 5.69 Å². The van der Waals surface area contributed by atoms with Gasteiger partial charge in [-0.2, -0.15) is 0 Å². The second-order valence-corrected chi connectivity index (χ2v) is 10.6. The summed E-state index contributed by atoms with van der Waals surface area (Å²) >= 11 is 6.45. The van der Waals surface area contributed by atoms with Crippen LogP contribution in [0.25, 0.3) is 16.6 Å². The summed E-state index contributed by atoms with van der Waals surface area (Å²) in [5.41, 5.74) is 1.98. The van der Waals surface area contributed by atoms with Crippen molar-refractivity contribution >= 4 is 28.4 Å². The van der Waals surface area contributed by atoms with E-state index in [0.29, 0.717) is 40.4 Å². The lowest BCUT2D eigenvalue weighted by atomic mass is 10.1. The number of unbranched alkanes of at least 4 members (excludes halogenated alkanes) is 5. The average molecular weight is 510 g/mol. The quantitative estimate of drug-likeness (QED) is 0.236. The zero-order chi connectivity index (χ0) is 26.2. The van der Waals surface area contributed by atoms with Gasteiger partial charge in [0.1, 0.15) is 5.82 Å². The lowest BCUT2D eigenvalue weighted by molar-refractivity contribution is -0.134. The van der Waals surface area contributed by atoms with Gasteiger partial charge in [-0.05, 0) is 56.0 Å². The van der Waals surface area contributed by atoms with Crippen LogP contribution in [0.5, 0.6) is 0 Å². The minimum absolute atomic E-state index is 0.114. The Morgan fingerprint density at radius 2 is 1.69 bits per heavy atom. The normalized spacial score (nSPS) is 12.3. The van der Waals surface area contributed by atoms with Crippen LogP contribution in [0, 0.1) is 12.8 Å². The molecule has 1 heterocycles. The number of fused-ring (bicyclic) bond motifs is 1. The average Bonchev–Trinajstić information content (AvgIpc) is 2.86. The second-order valence-electron chi connectivity index (χ2n) is 10.1. The highest BCUT2D eigenvalue weighted by atomic mass is 35.5. The van der Waals surface area contributed by atoms with E-state index in [9.17, 15) is 9.59 Å². The van der Waals surface area contributed by atoms with Gasteiger partial charge >= 0.3 is 0 Å². The van der Waals surface area contributed by atoms with Crippen LogP contribution < -0.4 is 5.56 Å². The first-order valence-electron chi connectivity index (χ1n) is 13.3. The number of carbonyl (C=O) groups is 1. The van der Waals surface area contributed by atoms with E-state index in [0.717, 1.165) is 18.4 Å². The minimum Gasteiger partial charge on any atom is -0.333 e. The molecule has 36 heavy (non-hydrogen) atoms. The molecule has 0 aliphatic rings. The fraction of sp³-hybridized carbons (Fsp3) is 0.500. The van der Waals surface area contributed by atoms with Gasteiger partial charge in [0.25, 0.3) is 5.56 Å². The number of para-hydroxylation sites is 1. The van der Waals surface area contributed by atoms with Gasteiger partial charge in [0, 0.05) is 18.0 Å². The summed E-state index contributed by atoms with van der Waals surface area (Å²) in [7, 11) is 0. The molecule has 3 aromatic rings. The first-order chi connectivity index (χ1) is 17.3. The van der Waals surface area contributed by atoms with E-state index < -0.39 is 0 Å². The number of aromatic nitrogens is 2. The molecule has 1 atom stereocenters. The molecule has 0 saturated carbocycles. The molecule has 1 aromatic heterocycles. The smallest absolute Gasteiger partial charge is 0.266 e. The van der Waals surface area contributed by atoms with Gasteiger partial charge in [0.2, 0.25) is 5.91 Å². The third kappa shape index (κ3) is 6.56. The highest BCUT2D eigenvalue weighted by Gasteiger charge is 2.27. The largest absolute Gasteiger partial charge is 0.333 e. The van der Waals surface area contributed by atoms with E-state index in [1.807, 2.05) is 55.1 Å². The van der Waals surface area contributed by atoms with Gasteiger partial charge in [-0.25, -0.2) is 4.98 Å². The van der Waals surface area contributed by atoms with Gasteiger partial charge in [-0.3, -0.25) is 14.2 Å². The van der Waals surface area contributed by atoms with Crippen molar-refractivity contribution in [2.24, 2.45) is 5.92 Å². The molecule has 3 rings (SSSR count). The van der Waals surface area contributed by atoms with Crippen LogP contribution in [0.1, 0.15) is 90.1 Å². The fourth-order valence-electron chi connectivity index (χ4n) is 4.71. The molecule has 6 heteroatoms. The SMILES string of the molecule is CCCCCCCCC(=O)N(CC(C)C)C(C)c1nc2ccccc2c(=O)n1-c1cccc(Cl)c1C. The van der Waals surface area contributed by atoms with Crippen LogP contribution in [-0.4, -0.2) is 26.9 Å². The number of nitrogens with zero attached hydrogens (tertiary/aromatic N) is 3. The van der Waals surface area contributed by atoms with Crippen molar-refractivity contribution in [1.29, 1.82) is 0 Å². The highest BCUT2D eigenvalue weighted by Crippen LogP contribution is 2.28. The molecule has 1 amide bonds. The molecule has 0 bridgehead atoms. The van der Waals surface area contributed by atoms with Crippen LogP contribution >= 0.6 is 11.6 Å². The lowest BCUT2D eigenvalue weighted by Gasteiger charge is -2.32. The molecule has 0 aliphatic carbocycles. The van der Waals surface area contributed by atoms with Crippen molar-refractivity contribution in [2.45, 2.75) is 85.6 Å². The molecular weight excluding hydrogens is 470 g/mol. The molecule has 0 spiro atoms. The number of hydrogen-bond acceptors (Lipinski definition) is 3. The summed E-state index contributed by atoms with van der Waals surface area (Å²) in [6, 6.07) is 12.6. The van der Waals surface area contributed by atoms with Gasteiger partial charge in [0.15, 0.2) is 0 Å². The van der Waals surface area contributed by atoms with Gasteiger partial charge in [-0.1, -0.05) is 82.7 Å². The molecule has 0 saturated heterocycles. The standard InChI is InChI=1S/C30H40ClN3O2/c1-6-7-8-9-10-11-19-28(35)33(20-21(2)3)23(5)29-32-26-17-13-12-15-24(26)30(36)34(29)27-18-14-16-25(31)22(27)4/h12-18,21,23H,6-11,19-20H2,1-5H3. The summed E-state index contributed by atoms with van der Waals surface area (Å²) in [5, 5.41) is 1.13. The Hall–Kier alpha value is -2.66. The summed E-state index contributed by atoms with van der Waals surface area (Å²) in [6.45, 7) is 10.9. The molecule has 0 fully saturated rings. The van der Waals surface area contributed by atoms with E-state index in [1.165, 1.54) is 25.7 Å². The third-order valence-electron chi connectivity index (χ3n) is 6.75. The maximum Gasteiger partial charge on any atom is 0.266 e. The van der Waals surface area contributed by atoms with E-state index in [2.05, 4.69) is 20.8 Å². The Balaban J connectivity index is 2.04. The molecule has 0 aliphatic heterocycles. The number of halogens is 1. The highest BCUT2D eigenvalue weighted by molar-refractivity contribution is 6.31. The molecule has 1 unspecified atom stereocenters. The topological polar surface area (TPSA) is 55.2 Å². The molecular formula is C30H40ClN3O2. The molecule has 2 aromatic carbocycles. The Labute approximate surface area is 220 Å². The predicted octanol–water partition coefficient (Wildman–Crippen LogP) is 7.64. The minimum atomic E-state index is -0.379. The lowest BCUT2D eigenvalue weighted by Crippen LogP contribution is -2.39. The number of rotatable bonds is 12. The van der Waals surface area contributed by atoms with E-state index in [4.69, 9.17) is 16.6 Å². The van der Waals surface area contributed by atoms with Crippen LogP contribution in [0.2, 0.25) is 5.02 Å². The maximum atomic E-state index is 13.8. The van der Waals surface area contributed by atoms with Crippen LogP contribution in [0.15, 0.2) is 47.3 Å². The maximum absolute atomic E-state index is 13.8. The second kappa shape index (κ2) is 13.0. The van der Waals surface area contributed by atoms with E-state index in [1.54, 1.807) is 10.6 Å². The number of carbonyl (C=O) groups excluding carboxylic acids is 1. The predicted molar refractivity (Wildman–Crippen MR) is 150 cm³/mol. The zero-order valence-electron chi connectivity index (χ0n) is 22.4. The first-order valence-corrected chi connectivity index (χ1v) is 13.7. The van der Waals surface area contributed by atoms with E-state index in [-0.39, 0.29) is 23.4 Å². The third-order valence-corrected chi connectivity index (χ3v) is 7.16. The van der Waals surface area contributed by atoms with Gasteiger partial charge in [-0.15, -0.1) is 0 Å². The first kappa shape index (κ1) is 27.9. The van der Waals surface area contributed by atoms with Crippen molar-refractivity contribution in [3.63, 3.8) is 0 Å². The van der Waals surface area contributed by atoms with E-state index >= 15 is 0 Å². The van der Waals surface area contributed by atoms with Gasteiger partial charge < -0.3 is 4.90 Å². The summed E-state index contributed by atoms with van der Waals surface area (Å²) in [6.07, 6.45) is 7.32. The molecule has 194 valence electrons. The van der Waals surface area contributed by atoms with Crippen molar-refractivity contribution < 1.29 is 4.79 Å². The number of hydrogen-bond donors (Lipinski definition) is 0. The Kier molecular flexibility index (Phi) is 10.1. The summed E-state index contributed by atoms with van der Waals surface area (Å²) in [4.78, 5) is 34.2. The Bertz CT molecular complexity index is 1230. The summed E-state index contributed by atoms with van der Waals surface area (Å²) in [5.74, 6) is 0.957. The molecule has 0 N–H and O–H groups in total. The fourth-order valence-corrected chi connectivity index (χ4v) is 4.88. The Morgan fingerprint density at radius 3 is 2.42 bits per heavy atom. The van der Waals surface area contributed by atoms with Crippen molar-refractivity contribution in [1.82, 2.24) is 14.5 Å². The van der Waals surface area contributed by atoms with Gasteiger partial charge in [0.05, 0.1) is 22.6 Å². The summed E-state index contributed by atoms with van der Waals surface area (Å²) < 4.78 is 1.65. The Morgan fingerprint density at radius 1 is 1.00 bits per heavy atom. The number of benzene rings is 2. The zero-order valence-corrected chi connectivity index (χ0v) is 23.1. The molecule has 5 nitrogen and oxygen atoms in total. The van der Waals surface area contributed by atoms with Crippen LogP contribution in [-0.2, 0) is 4.79 Å². The number of amides is 1. The van der Waals surface area contributed by atoms with Crippen LogP contribution in [0.4, 0.5) is 0 Å². The van der Waals surface area contributed by atoms with Crippen molar-refractivity contribution in [3.05, 3.63) is 69.2 Å². The molecule has 0 radical (unpaired) electrons. The van der Waals surface area contributed by atoms with Crippen molar-refractivity contribution in [2.75, 3.05) is 6.54 Å². The monoisotopic (exact) mass is 509 g/mol. The van der Waals surface area contributed by atoms with Crippen LogP contribution in [0.3, 0.4) is 0 Å².